The molecule has 0 saturated carbocycles. The first kappa shape index (κ1) is 19.9. The Balaban J connectivity index is 3.09. The maximum atomic E-state index is 8.92. The van der Waals surface area contributed by atoms with E-state index in [0.717, 1.165) is 19.6 Å². The summed E-state index contributed by atoms with van der Waals surface area (Å²) in [7, 11) is 0. The smallest absolute Gasteiger partial charge is 0.0558 e. The average molecular weight is 286 g/mol. The highest BCUT2D eigenvalue weighted by atomic mass is 16.3. The maximum Gasteiger partial charge on any atom is 0.0558 e. The Morgan fingerprint density at radius 3 is 1.45 bits per heavy atom. The molecule has 20 heavy (non-hydrogen) atoms. The minimum absolute atomic E-state index is 0.298. The lowest BCUT2D eigenvalue weighted by Crippen LogP contribution is -2.27. The summed E-state index contributed by atoms with van der Waals surface area (Å²) in [6.07, 6.45) is 16.9. The van der Waals surface area contributed by atoms with E-state index >= 15 is 0 Å². The molecule has 1 N–H and O–H groups in total. The van der Waals surface area contributed by atoms with Crippen molar-refractivity contribution >= 4 is 0 Å². The van der Waals surface area contributed by atoms with Crippen molar-refractivity contribution in [1.29, 1.82) is 0 Å². The van der Waals surface area contributed by atoms with E-state index in [1.807, 2.05) is 0 Å². The van der Waals surface area contributed by atoms with Crippen LogP contribution in [0.1, 0.15) is 90.9 Å². The van der Waals surface area contributed by atoms with Crippen LogP contribution in [0.15, 0.2) is 0 Å². The first-order valence-electron chi connectivity index (χ1n) is 9.18. The van der Waals surface area contributed by atoms with Gasteiger partial charge in [-0.25, -0.2) is 0 Å². The van der Waals surface area contributed by atoms with E-state index in [1.54, 1.807) is 0 Å². The SMILES string of the molecule is CCCCCCCCCCCCCCN(CC)CCO. The minimum atomic E-state index is 0.298. The lowest BCUT2D eigenvalue weighted by molar-refractivity contribution is 0.199. The molecule has 122 valence electrons. The molecule has 0 saturated heterocycles. The monoisotopic (exact) mass is 285 g/mol. The highest BCUT2D eigenvalue weighted by Gasteiger charge is 2.00. The molecule has 0 rings (SSSR count). The Bertz CT molecular complexity index is 173. The Hall–Kier alpha value is -0.0800. The van der Waals surface area contributed by atoms with Gasteiger partial charge < -0.3 is 10.0 Å². The number of likely N-dealkylation sites (N-methyl/N-ethyl adjacent to an activating group) is 1. The van der Waals surface area contributed by atoms with Crippen LogP contribution in [-0.4, -0.2) is 36.2 Å². The van der Waals surface area contributed by atoms with Crippen LogP contribution < -0.4 is 0 Å². The number of hydrogen-bond acceptors (Lipinski definition) is 2. The topological polar surface area (TPSA) is 23.5 Å². The molecule has 0 aromatic rings. The number of nitrogens with zero attached hydrogens (tertiary/aromatic N) is 1. The van der Waals surface area contributed by atoms with Gasteiger partial charge in [0.15, 0.2) is 0 Å². The molecule has 0 atom stereocenters. The second kappa shape index (κ2) is 17.0. The Morgan fingerprint density at radius 2 is 1.05 bits per heavy atom. The predicted molar refractivity (Wildman–Crippen MR) is 90.3 cm³/mol. The second-order valence-electron chi connectivity index (χ2n) is 6.05. The first-order chi connectivity index (χ1) is 9.85. The first-order valence-corrected chi connectivity index (χ1v) is 9.18. The molecule has 2 heteroatoms. The molecular formula is C18H39NO. The van der Waals surface area contributed by atoms with E-state index < -0.39 is 0 Å². The van der Waals surface area contributed by atoms with E-state index in [4.69, 9.17) is 5.11 Å². The van der Waals surface area contributed by atoms with Gasteiger partial charge in [0.25, 0.3) is 0 Å². The predicted octanol–water partition coefficient (Wildman–Crippen LogP) is 5.00. The van der Waals surface area contributed by atoms with E-state index in [0.29, 0.717) is 6.61 Å². The van der Waals surface area contributed by atoms with Crippen LogP contribution >= 0.6 is 0 Å². The molecular weight excluding hydrogens is 246 g/mol. The molecule has 0 unspecified atom stereocenters. The van der Waals surface area contributed by atoms with Gasteiger partial charge in [-0.1, -0.05) is 84.5 Å². The Kier molecular flexibility index (Phi) is 16.9. The van der Waals surface area contributed by atoms with Gasteiger partial charge in [-0.05, 0) is 19.5 Å². The molecule has 0 aromatic heterocycles. The molecule has 0 aliphatic carbocycles. The molecule has 2 nitrogen and oxygen atoms in total. The van der Waals surface area contributed by atoms with Gasteiger partial charge in [-0.2, -0.15) is 0 Å². The molecule has 0 aromatic carbocycles. The van der Waals surface area contributed by atoms with Crippen molar-refractivity contribution in [2.24, 2.45) is 0 Å². The number of hydrogen-bond donors (Lipinski definition) is 1. The van der Waals surface area contributed by atoms with Gasteiger partial charge in [0, 0.05) is 6.54 Å². The van der Waals surface area contributed by atoms with Gasteiger partial charge in [0.2, 0.25) is 0 Å². The van der Waals surface area contributed by atoms with Crippen LogP contribution in [-0.2, 0) is 0 Å². The highest BCUT2D eigenvalue weighted by Crippen LogP contribution is 2.12. The normalized spacial score (nSPS) is 11.4. The fourth-order valence-corrected chi connectivity index (χ4v) is 2.75. The molecule has 0 aliphatic heterocycles. The maximum absolute atomic E-state index is 8.92. The number of aliphatic hydroxyl groups is 1. The second-order valence-corrected chi connectivity index (χ2v) is 6.05. The van der Waals surface area contributed by atoms with Crippen LogP contribution in [0.2, 0.25) is 0 Å². The van der Waals surface area contributed by atoms with Gasteiger partial charge in [-0.3, -0.25) is 0 Å². The lowest BCUT2D eigenvalue weighted by Gasteiger charge is -2.18. The fraction of sp³-hybridized carbons (Fsp3) is 1.00. The summed E-state index contributed by atoms with van der Waals surface area (Å²) in [4.78, 5) is 2.34. The van der Waals surface area contributed by atoms with Gasteiger partial charge >= 0.3 is 0 Å². The molecule has 0 amide bonds. The van der Waals surface area contributed by atoms with Crippen molar-refractivity contribution in [3.63, 3.8) is 0 Å². The third kappa shape index (κ3) is 14.3. The van der Waals surface area contributed by atoms with E-state index in [2.05, 4.69) is 18.7 Å². The molecule has 0 fully saturated rings. The summed E-state index contributed by atoms with van der Waals surface area (Å²) in [5.41, 5.74) is 0. The van der Waals surface area contributed by atoms with Crippen LogP contribution in [0.5, 0.6) is 0 Å². The van der Waals surface area contributed by atoms with Crippen molar-refractivity contribution in [1.82, 2.24) is 4.90 Å². The molecule has 0 spiro atoms. The third-order valence-corrected chi connectivity index (χ3v) is 4.19. The molecule has 0 bridgehead atoms. The summed E-state index contributed by atoms with van der Waals surface area (Å²) in [6, 6.07) is 0. The van der Waals surface area contributed by atoms with E-state index in [9.17, 15) is 0 Å². The number of aliphatic hydroxyl groups excluding tert-OH is 1. The zero-order chi connectivity index (χ0) is 14.9. The zero-order valence-corrected chi connectivity index (χ0v) is 14.2. The van der Waals surface area contributed by atoms with Crippen molar-refractivity contribution < 1.29 is 5.11 Å². The zero-order valence-electron chi connectivity index (χ0n) is 14.2. The Morgan fingerprint density at radius 1 is 0.600 bits per heavy atom. The number of rotatable bonds is 16. The van der Waals surface area contributed by atoms with Crippen LogP contribution in [0, 0.1) is 0 Å². The lowest BCUT2D eigenvalue weighted by atomic mass is 10.1. The molecule has 0 radical (unpaired) electrons. The quantitative estimate of drug-likeness (QED) is 0.403. The summed E-state index contributed by atoms with van der Waals surface area (Å²) in [5, 5.41) is 8.92. The van der Waals surface area contributed by atoms with Crippen LogP contribution in [0.4, 0.5) is 0 Å². The van der Waals surface area contributed by atoms with Gasteiger partial charge in [0.1, 0.15) is 0 Å². The van der Waals surface area contributed by atoms with Crippen LogP contribution in [0.25, 0.3) is 0 Å². The van der Waals surface area contributed by atoms with Gasteiger partial charge in [0.05, 0.1) is 6.61 Å². The summed E-state index contributed by atoms with van der Waals surface area (Å²) < 4.78 is 0. The third-order valence-electron chi connectivity index (χ3n) is 4.19. The summed E-state index contributed by atoms with van der Waals surface area (Å²) in [6.45, 7) is 7.83. The summed E-state index contributed by atoms with van der Waals surface area (Å²) in [5.74, 6) is 0. The number of unbranched alkanes of at least 4 members (excludes halogenated alkanes) is 11. The highest BCUT2D eigenvalue weighted by molar-refractivity contribution is 4.55. The van der Waals surface area contributed by atoms with E-state index in [-0.39, 0.29) is 0 Å². The Labute approximate surface area is 127 Å². The van der Waals surface area contributed by atoms with Crippen LogP contribution in [0.3, 0.4) is 0 Å². The molecule has 0 aliphatic rings. The average Bonchev–Trinajstić information content (AvgIpc) is 2.47. The van der Waals surface area contributed by atoms with Crippen molar-refractivity contribution in [2.45, 2.75) is 90.9 Å². The van der Waals surface area contributed by atoms with Gasteiger partial charge in [-0.15, -0.1) is 0 Å². The van der Waals surface area contributed by atoms with Crippen molar-refractivity contribution in [2.75, 3.05) is 26.2 Å². The standard InChI is InChI=1S/C18H39NO/c1-3-5-6-7-8-9-10-11-12-13-14-15-16-19(4-2)17-18-20/h20H,3-18H2,1-2H3. The molecule has 0 heterocycles. The fourth-order valence-electron chi connectivity index (χ4n) is 2.75. The largest absolute Gasteiger partial charge is 0.395 e. The van der Waals surface area contributed by atoms with E-state index in [1.165, 1.54) is 77.0 Å². The summed E-state index contributed by atoms with van der Waals surface area (Å²) >= 11 is 0. The minimum Gasteiger partial charge on any atom is -0.395 e. The van der Waals surface area contributed by atoms with Crippen molar-refractivity contribution in [3.05, 3.63) is 0 Å². The van der Waals surface area contributed by atoms with Crippen molar-refractivity contribution in [3.8, 4) is 0 Å².